The first-order valence-electron chi connectivity index (χ1n) is 1.77. The van der Waals surface area contributed by atoms with Crippen LogP contribution in [0, 0.1) is 0 Å². The third kappa shape index (κ3) is 2.88. The first kappa shape index (κ1) is 7.24. The van der Waals surface area contributed by atoms with Crippen molar-refractivity contribution in [2.24, 2.45) is 0 Å². The highest BCUT2D eigenvalue weighted by Crippen LogP contribution is 2.00. The fraction of sp³-hybridized carbons (Fsp3) is 1.00. The topological polar surface area (TPSA) is 34.1 Å². The Labute approximate surface area is 48.4 Å². The molecule has 0 rings (SSSR count). The minimum atomic E-state index is -2.98. The van der Waals surface area contributed by atoms with Crippen molar-refractivity contribution in [3.63, 3.8) is 0 Å². The van der Waals surface area contributed by atoms with E-state index in [9.17, 15) is 8.42 Å². The molecule has 0 unspecified atom stereocenters. The van der Waals surface area contributed by atoms with Gasteiger partial charge in [-0.1, -0.05) is 0 Å². The van der Waals surface area contributed by atoms with Crippen LogP contribution in [0.2, 0.25) is 0 Å². The summed E-state index contributed by atoms with van der Waals surface area (Å²) in [6, 6.07) is 0. The summed E-state index contributed by atoms with van der Waals surface area (Å²) < 4.78 is 19.6. The van der Waals surface area contributed by atoms with Gasteiger partial charge in [-0.05, 0) is 6.92 Å². The normalized spacial score (nSPS) is 16.4. The van der Waals surface area contributed by atoms with Gasteiger partial charge in [-0.15, -0.1) is 11.6 Å². The number of halogens is 1. The van der Waals surface area contributed by atoms with E-state index in [0.29, 0.717) is 0 Å². The van der Waals surface area contributed by atoms with Gasteiger partial charge in [0.2, 0.25) is 0 Å². The van der Waals surface area contributed by atoms with Gasteiger partial charge >= 0.3 is 0 Å². The van der Waals surface area contributed by atoms with Gasteiger partial charge in [0.05, 0.1) is 0 Å². The van der Waals surface area contributed by atoms with Crippen LogP contribution in [0.3, 0.4) is 0 Å². The Morgan fingerprint density at radius 3 is 1.71 bits per heavy atom. The van der Waals surface area contributed by atoms with E-state index in [1.54, 1.807) is 0 Å². The van der Waals surface area contributed by atoms with Crippen LogP contribution in [0.15, 0.2) is 0 Å². The van der Waals surface area contributed by atoms with Crippen LogP contribution in [0.5, 0.6) is 0 Å². The van der Waals surface area contributed by atoms with Gasteiger partial charge < -0.3 is 0 Å². The smallest absolute Gasteiger partial charge is 0.163 e. The van der Waals surface area contributed by atoms with Gasteiger partial charge in [0.1, 0.15) is 4.71 Å². The van der Waals surface area contributed by atoms with Crippen LogP contribution < -0.4 is 0 Å². The highest BCUT2D eigenvalue weighted by atomic mass is 35.5. The number of alkyl halides is 1. The van der Waals surface area contributed by atoms with Crippen molar-refractivity contribution in [3.05, 3.63) is 0 Å². The van der Waals surface area contributed by atoms with Crippen LogP contribution >= 0.6 is 11.6 Å². The van der Waals surface area contributed by atoms with Gasteiger partial charge in [-0.2, -0.15) is 0 Å². The Morgan fingerprint density at radius 1 is 1.57 bits per heavy atom. The third-order valence-electron chi connectivity index (χ3n) is 0.590. The van der Waals surface area contributed by atoms with E-state index >= 15 is 0 Å². The molecule has 0 aromatic rings. The number of sulfone groups is 1. The quantitative estimate of drug-likeness (QED) is 0.503. The second-order valence-electron chi connectivity index (χ2n) is 1.37. The lowest BCUT2D eigenvalue weighted by atomic mass is 11.0. The van der Waals surface area contributed by atoms with Crippen LogP contribution in [-0.2, 0) is 9.84 Å². The van der Waals surface area contributed by atoms with E-state index < -0.39 is 14.5 Å². The maximum Gasteiger partial charge on any atom is 0.163 e. The SMILES string of the molecule is C[C@H](Cl)S(C)(=O)=O. The van der Waals surface area contributed by atoms with Gasteiger partial charge in [0.25, 0.3) is 0 Å². The highest BCUT2D eigenvalue weighted by Gasteiger charge is 2.08. The van der Waals surface area contributed by atoms with Gasteiger partial charge in [-0.25, -0.2) is 8.42 Å². The first-order valence-corrected chi connectivity index (χ1v) is 4.16. The molecule has 1 atom stereocenters. The standard InChI is InChI=1S/C3H7ClO2S/c1-3(4)7(2,5)6/h3H,1-2H3/t3-/m1/s1. The van der Waals surface area contributed by atoms with Crippen LogP contribution in [0.1, 0.15) is 6.92 Å². The molecule has 0 aromatic carbocycles. The molecule has 0 radical (unpaired) electrons. The Bertz CT molecular complexity index is 135. The molecule has 0 spiro atoms. The predicted octanol–water partition coefficient (Wildman–Crippen LogP) is 0.616. The molecule has 0 saturated carbocycles. The van der Waals surface area contributed by atoms with Crippen LogP contribution in [0.4, 0.5) is 0 Å². The summed E-state index contributed by atoms with van der Waals surface area (Å²) in [6.07, 6.45) is 1.10. The minimum absolute atomic E-state index is 0.757. The number of rotatable bonds is 1. The molecule has 7 heavy (non-hydrogen) atoms. The van der Waals surface area contributed by atoms with Crippen molar-refractivity contribution in [3.8, 4) is 0 Å². The highest BCUT2D eigenvalue weighted by molar-refractivity contribution is 7.92. The molecule has 0 saturated heterocycles. The molecule has 0 fully saturated rings. The van der Waals surface area contributed by atoms with Crippen molar-refractivity contribution in [2.45, 2.75) is 11.6 Å². The van der Waals surface area contributed by atoms with E-state index in [2.05, 4.69) is 0 Å². The second kappa shape index (κ2) is 2.01. The van der Waals surface area contributed by atoms with Gasteiger partial charge in [-0.3, -0.25) is 0 Å². The van der Waals surface area contributed by atoms with E-state index in [4.69, 9.17) is 11.6 Å². The van der Waals surface area contributed by atoms with E-state index in [1.165, 1.54) is 6.92 Å². The fourth-order valence-electron chi connectivity index (χ4n) is 0. The molecule has 0 heterocycles. The van der Waals surface area contributed by atoms with Crippen molar-refractivity contribution >= 4 is 21.4 Å². The minimum Gasteiger partial charge on any atom is -0.228 e. The average Bonchev–Trinajstić information content (AvgIpc) is 1.31. The lowest BCUT2D eigenvalue weighted by Gasteiger charge is -1.93. The van der Waals surface area contributed by atoms with Crippen molar-refractivity contribution < 1.29 is 8.42 Å². The zero-order valence-electron chi connectivity index (χ0n) is 4.18. The summed E-state index contributed by atoms with van der Waals surface area (Å²) in [4.78, 5) is 0. The molecular weight excluding hydrogens is 136 g/mol. The molecule has 0 aromatic heterocycles. The molecule has 4 heteroatoms. The molecule has 44 valence electrons. The van der Waals surface area contributed by atoms with Crippen molar-refractivity contribution in [2.75, 3.05) is 6.26 Å². The molecular formula is C3H7ClO2S. The van der Waals surface area contributed by atoms with Crippen LogP contribution in [0.25, 0.3) is 0 Å². The molecule has 0 aliphatic carbocycles. The molecule has 2 nitrogen and oxygen atoms in total. The fourth-order valence-corrected chi connectivity index (χ4v) is 0. The van der Waals surface area contributed by atoms with Gasteiger partial charge in [0.15, 0.2) is 9.84 Å². The Hall–Kier alpha value is 0.240. The Kier molecular flexibility index (Phi) is 2.08. The van der Waals surface area contributed by atoms with E-state index in [-0.39, 0.29) is 0 Å². The van der Waals surface area contributed by atoms with Crippen molar-refractivity contribution in [1.82, 2.24) is 0 Å². The van der Waals surface area contributed by atoms with Crippen molar-refractivity contribution in [1.29, 1.82) is 0 Å². The zero-order valence-corrected chi connectivity index (χ0v) is 5.75. The van der Waals surface area contributed by atoms with Gasteiger partial charge in [0, 0.05) is 6.26 Å². The summed E-state index contributed by atoms with van der Waals surface area (Å²) in [7, 11) is -2.98. The van der Waals surface area contributed by atoms with Crippen LogP contribution in [-0.4, -0.2) is 19.4 Å². The number of hydrogen-bond acceptors (Lipinski definition) is 2. The molecule has 0 amide bonds. The molecule has 0 bridgehead atoms. The lowest BCUT2D eigenvalue weighted by molar-refractivity contribution is 0.600. The summed E-state index contributed by atoms with van der Waals surface area (Å²) in [6.45, 7) is 1.43. The molecule has 0 aliphatic rings. The monoisotopic (exact) mass is 142 g/mol. The molecule has 0 N–H and O–H groups in total. The first-order chi connectivity index (χ1) is 2.94. The maximum atomic E-state index is 10.2. The summed E-state index contributed by atoms with van der Waals surface area (Å²) >= 11 is 5.17. The summed E-state index contributed by atoms with van der Waals surface area (Å²) in [5.74, 6) is 0. The Morgan fingerprint density at radius 2 is 1.71 bits per heavy atom. The predicted molar refractivity (Wildman–Crippen MR) is 30.2 cm³/mol. The maximum absolute atomic E-state index is 10.2. The largest absolute Gasteiger partial charge is 0.228 e. The summed E-state index contributed by atoms with van der Waals surface area (Å²) in [5.41, 5.74) is 0. The number of hydrogen-bond donors (Lipinski definition) is 0. The second-order valence-corrected chi connectivity index (χ2v) is 4.65. The summed E-state index contributed by atoms with van der Waals surface area (Å²) in [5, 5.41) is 0. The third-order valence-corrected chi connectivity index (χ3v) is 2.74. The zero-order chi connectivity index (χ0) is 6.08. The lowest BCUT2D eigenvalue weighted by Crippen LogP contribution is -2.07. The Balaban J connectivity index is 4.10. The van der Waals surface area contributed by atoms with E-state index in [0.717, 1.165) is 6.26 Å². The molecule has 0 aliphatic heterocycles. The van der Waals surface area contributed by atoms with E-state index in [1.807, 2.05) is 0 Å². The average molecular weight is 143 g/mol.